The Morgan fingerprint density at radius 1 is 1.11 bits per heavy atom. The third-order valence-electron chi connectivity index (χ3n) is 7.96. The molecule has 3 aromatic rings. The number of benzene rings is 1. The number of primary amides is 1. The molecule has 2 fully saturated rings. The van der Waals surface area contributed by atoms with Crippen molar-refractivity contribution in [3.63, 3.8) is 0 Å². The summed E-state index contributed by atoms with van der Waals surface area (Å²) in [5.74, 6) is 1.15. The van der Waals surface area contributed by atoms with Crippen LogP contribution in [0.3, 0.4) is 0 Å². The van der Waals surface area contributed by atoms with Gasteiger partial charge in [0.05, 0.1) is 16.1 Å². The number of likely N-dealkylation sites (N-methyl/N-ethyl adjacent to an activating group) is 1. The molecule has 0 radical (unpaired) electrons. The zero-order chi connectivity index (χ0) is 25.7. The first-order chi connectivity index (χ1) is 17.9. The Morgan fingerprint density at radius 2 is 1.89 bits per heavy atom. The van der Waals surface area contributed by atoms with Crippen molar-refractivity contribution in [2.75, 3.05) is 37.8 Å². The second-order valence-electron chi connectivity index (χ2n) is 10.4. The van der Waals surface area contributed by atoms with Crippen molar-refractivity contribution in [3.8, 4) is 0 Å². The van der Waals surface area contributed by atoms with Gasteiger partial charge in [-0.1, -0.05) is 12.2 Å². The number of fused-ring (bicyclic) bond motifs is 3. The largest absolute Gasteiger partial charge is 0.369 e. The van der Waals surface area contributed by atoms with Crippen molar-refractivity contribution >= 4 is 50.8 Å². The van der Waals surface area contributed by atoms with E-state index in [2.05, 4.69) is 46.8 Å². The third kappa shape index (κ3) is 4.44. The van der Waals surface area contributed by atoms with Crippen molar-refractivity contribution in [2.45, 2.75) is 24.9 Å². The molecule has 192 valence electrons. The Kier molecular flexibility index (Phi) is 6.08. The van der Waals surface area contributed by atoms with Crippen LogP contribution in [0.5, 0.6) is 0 Å². The molecule has 1 aromatic carbocycles. The van der Waals surface area contributed by atoms with Crippen LogP contribution in [-0.4, -0.2) is 70.9 Å². The van der Waals surface area contributed by atoms with Crippen LogP contribution in [-0.2, 0) is 4.79 Å². The number of carbonyl (C=O) groups is 2. The van der Waals surface area contributed by atoms with E-state index >= 15 is 0 Å². The second kappa shape index (κ2) is 9.42. The Bertz CT molecular complexity index is 1370. The smallest absolute Gasteiger partial charge is 0.253 e. The van der Waals surface area contributed by atoms with Crippen LogP contribution >= 0.6 is 11.3 Å². The van der Waals surface area contributed by atoms with E-state index in [9.17, 15) is 9.59 Å². The molecule has 4 N–H and O–H groups in total. The van der Waals surface area contributed by atoms with E-state index in [1.807, 2.05) is 40.6 Å². The van der Waals surface area contributed by atoms with Gasteiger partial charge in [0.15, 0.2) is 0 Å². The molecule has 2 aromatic heterocycles. The summed E-state index contributed by atoms with van der Waals surface area (Å²) >= 11 is 1.57. The minimum absolute atomic E-state index is 0.0576. The van der Waals surface area contributed by atoms with Gasteiger partial charge in [-0.2, -0.15) is 4.98 Å². The van der Waals surface area contributed by atoms with E-state index in [0.29, 0.717) is 23.4 Å². The summed E-state index contributed by atoms with van der Waals surface area (Å²) in [4.78, 5) is 38.7. The van der Waals surface area contributed by atoms with E-state index in [0.717, 1.165) is 41.8 Å². The average molecular weight is 518 g/mol. The van der Waals surface area contributed by atoms with Gasteiger partial charge < -0.3 is 26.2 Å². The molecule has 1 aliphatic heterocycles. The molecule has 2 amide bonds. The van der Waals surface area contributed by atoms with Crippen molar-refractivity contribution in [3.05, 3.63) is 53.4 Å². The molecule has 6 rings (SSSR count). The number of likely N-dealkylation sites (tertiary alicyclic amines) is 1. The molecule has 2 aliphatic carbocycles. The first-order valence-electron chi connectivity index (χ1n) is 12.7. The molecule has 9 nitrogen and oxygen atoms in total. The van der Waals surface area contributed by atoms with Gasteiger partial charge in [-0.25, -0.2) is 4.98 Å². The van der Waals surface area contributed by atoms with E-state index in [1.165, 1.54) is 0 Å². The highest BCUT2D eigenvalue weighted by molar-refractivity contribution is 7.17. The summed E-state index contributed by atoms with van der Waals surface area (Å²) in [6.45, 7) is 1.53. The molecule has 0 spiro atoms. The molecule has 10 heteroatoms. The van der Waals surface area contributed by atoms with Crippen molar-refractivity contribution in [1.29, 1.82) is 0 Å². The van der Waals surface area contributed by atoms with Crippen LogP contribution in [0.4, 0.5) is 17.5 Å². The fourth-order valence-electron chi connectivity index (χ4n) is 5.94. The highest BCUT2D eigenvalue weighted by Gasteiger charge is 2.47. The van der Waals surface area contributed by atoms with Crippen molar-refractivity contribution < 1.29 is 9.59 Å². The number of carbonyl (C=O) groups excluding carboxylic acids is 2. The maximum Gasteiger partial charge on any atom is 0.253 e. The lowest BCUT2D eigenvalue weighted by Crippen LogP contribution is -2.41. The van der Waals surface area contributed by atoms with Gasteiger partial charge in [-0.3, -0.25) is 9.59 Å². The number of nitrogens with zero attached hydrogens (tertiary/aromatic N) is 4. The van der Waals surface area contributed by atoms with Gasteiger partial charge in [-0.05, 0) is 74.5 Å². The number of nitrogens with two attached hydrogens (primary N) is 1. The van der Waals surface area contributed by atoms with Crippen LogP contribution < -0.4 is 16.4 Å². The molecule has 5 unspecified atom stereocenters. The van der Waals surface area contributed by atoms with Crippen LogP contribution in [0.25, 0.3) is 10.2 Å². The number of hydrogen-bond donors (Lipinski definition) is 3. The van der Waals surface area contributed by atoms with Crippen molar-refractivity contribution in [1.82, 2.24) is 19.8 Å². The van der Waals surface area contributed by atoms with Gasteiger partial charge >= 0.3 is 0 Å². The quantitative estimate of drug-likeness (QED) is 0.412. The van der Waals surface area contributed by atoms with Gasteiger partial charge in [0.1, 0.15) is 5.82 Å². The van der Waals surface area contributed by atoms with Gasteiger partial charge in [0.25, 0.3) is 5.91 Å². The molecular formula is C27H31N7O2S. The average Bonchev–Trinajstić information content (AvgIpc) is 3.68. The fourth-order valence-corrected chi connectivity index (χ4v) is 6.72. The number of anilines is 3. The fraction of sp³-hybridized carbons (Fsp3) is 0.407. The summed E-state index contributed by atoms with van der Waals surface area (Å²) in [5.41, 5.74) is 8.05. The zero-order valence-electron chi connectivity index (χ0n) is 20.9. The number of nitrogens with one attached hydrogen (secondary N) is 2. The molecule has 1 saturated heterocycles. The number of rotatable bonds is 7. The Hall–Kier alpha value is -3.50. The van der Waals surface area contributed by atoms with Gasteiger partial charge in [-0.15, -0.1) is 11.3 Å². The van der Waals surface area contributed by atoms with Crippen LogP contribution in [0.15, 0.2) is 47.9 Å². The maximum atomic E-state index is 13.0. The lowest BCUT2D eigenvalue weighted by atomic mass is 9.88. The van der Waals surface area contributed by atoms with Gasteiger partial charge in [0.2, 0.25) is 11.9 Å². The number of aromatic nitrogens is 2. The minimum Gasteiger partial charge on any atom is -0.369 e. The Balaban J connectivity index is 1.19. The third-order valence-corrected chi connectivity index (χ3v) is 8.87. The predicted molar refractivity (Wildman–Crippen MR) is 146 cm³/mol. The van der Waals surface area contributed by atoms with E-state index in [1.54, 1.807) is 11.3 Å². The standard InChI is InChI=1S/C27H31N7O2S/c1-33(2)19-9-11-34(14-19)26(36)15-5-7-18(8-6-15)29-27-30-20-10-12-37-23(20)25(32-27)31-22-17-4-3-16(13-17)21(22)24(28)35/h3-8,10,12,16-17,19,21-22H,9,11,13-14H2,1-2H3,(H2,28,35)(H2,29,30,31,32). The summed E-state index contributed by atoms with van der Waals surface area (Å²) in [7, 11) is 4.11. The molecule has 3 heterocycles. The summed E-state index contributed by atoms with van der Waals surface area (Å²) in [5, 5.41) is 8.81. The van der Waals surface area contributed by atoms with Crippen LogP contribution in [0.1, 0.15) is 23.2 Å². The molecule has 3 aliphatic rings. The lowest BCUT2D eigenvalue weighted by molar-refractivity contribution is -0.122. The monoisotopic (exact) mass is 517 g/mol. The summed E-state index contributed by atoms with van der Waals surface area (Å²) < 4.78 is 0.947. The first-order valence-corrected chi connectivity index (χ1v) is 13.6. The minimum atomic E-state index is -0.273. The second-order valence-corrected chi connectivity index (χ2v) is 11.4. The van der Waals surface area contributed by atoms with E-state index in [-0.39, 0.29) is 35.6 Å². The van der Waals surface area contributed by atoms with Gasteiger partial charge in [0, 0.05) is 36.4 Å². The predicted octanol–water partition coefficient (Wildman–Crippen LogP) is 3.30. The number of amides is 2. The molecule has 2 bridgehead atoms. The molecular weight excluding hydrogens is 486 g/mol. The normalized spacial score (nSPS) is 26.4. The topological polar surface area (TPSA) is 116 Å². The molecule has 37 heavy (non-hydrogen) atoms. The highest BCUT2D eigenvalue weighted by Crippen LogP contribution is 2.45. The summed E-state index contributed by atoms with van der Waals surface area (Å²) in [6.07, 6.45) is 6.23. The lowest BCUT2D eigenvalue weighted by Gasteiger charge is -2.27. The highest BCUT2D eigenvalue weighted by atomic mass is 32.1. The Labute approximate surface area is 219 Å². The SMILES string of the molecule is CN(C)C1CCN(C(=O)c2ccc(Nc3nc(NC4C5C=CC(C5)C4C(N)=O)c4sccc4n3)cc2)C1. The zero-order valence-corrected chi connectivity index (χ0v) is 21.7. The number of allylic oxidation sites excluding steroid dienone is 1. The van der Waals surface area contributed by atoms with E-state index < -0.39 is 0 Å². The van der Waals surface area contributed by atoms with Crippen molar-refractivity contribution in [2.24, 2.45) is 23.5 Å². The number of hydrogen-bond acceptors (Lipinski definition) is 8. The van der Waals surface area contributed by atoms with Crippen LogP contribution in [0, 0.1) is 17.8 Å². The summed E-state index contributed by atoms with van der Waals surface area (Å²) in [6, 6.07) is 9.73. The molecule has 5 atom stereocenters. The van der Waals surface area contributed by atoms with E-state index in [4.69, 9.17) is 10.7 Å². The molecule has 1 saturated carbocycles. The van der Waals surface area contributed by atoms with Crippen LogP contribution in [0.2, 0.25) is 0 Å². The maximum absolute atomic E-state index is 13.0. The first kappa shape index (κ1) is 23.9. The number of thiophene rings is 1. The Morgan fingerprint density at radius 3 is 2.62 bits per heavy atom.